The minimum Gasteiger partial charge on any atom is -0.389 e. The second kappa shape index (κ2) is 7.91. The Labute approximate surface area is 191 Å². The van der Waals surface area contributed by atoms with E-state index < -0.39 is 17.1 Å². The monoisotopic (exact) mass is 444 g/mol. The Balaban J connectivity index is 1.49. The van der Waals surface area contributed by atoms with E-state index in [2.05, 4.69) is 29.2 Å². The van der Waals surface area contributed by atoms with Crippen LogP contribution >= 0.6 is 0 Å². The van der Waals surface area contributed by atoms with Crippen LogP contribution in [0.5, 0.6) is 0 Å². The van der Waals surface area contributed by atoms with Crippen LogP contribution in [0.4, 0.5) is 4.39 Å². The lowest BCUT2D eigenvalue weighted by Gasteiger charge is -2.45. The van der Waals surface area contributed by atoms with Crippen molar-refractivity contribution in [2.45, 2.75) is 50.7 Å². The number of halogens is 1. The SMILES string of the molecule is CC[C@]12Cc3cnn(-c4ccc(F)cc4)c3C=C1CC[C@@]2(O)CC(O)c1cc(C#N)ccn1. The van der Waals surface area contributed by atoms with Crippen molar-refractivity contribution in [2.24, 2.45) is 5.41 Å². The van der Waals surface area contributed by atoms with Crippen molar-refractivity contribution in [1.82, 2.24) is 14.8 Å². The number of hydrogen-bond acceptors (Lipinski definition) is 5. The molecule has 33 heavy (non-hydrogen) atoms. The van der Waals surface area contributed by atoms with Crippen LogP contribution < -0.4 is 0 Å². The molecule has 2 aliphatic carbocycles. The standard InChI is InChI=1S/C26H25FN4O2/c1-2-25-13-18-16-30-31(21-5-3-20(27)4-6-21)23(18)12-19(25)7-9-26(25,33)14-24(32)22-11-17(15-28)8-10-29-22/h3-6,8,10-12,16,24,32-33H,2,7,9,13-14H2,1H3/t24?,25-,26+/m0/s1. The van der Waals surface area contributed by atoms with Gasteiger partial charge in [-0.2, -0.15) is 10.4 Å². The molecule has 2 N–H and O–H groups in total. The van der Waals surface area contributed by atoms with Gasteiger partial charge in [0.2, 0.25) is 0 Å². The van der Waals surface area contributed by atoms with E-state index in [1.165, 1.54) is 18.3 Å². The van der Waals surface area contributed by atoms with Gasteiger partial charge in [-0.05, 0) is 73.7 Å². The summed E-state index contributed by atoms with van der Waals surface area (Å²) in [5.41, 5.74) is 3.10. The predicted molar refractivity (Wildman–Crippen MR) is 121 cm³/mol. The van der Waals surface area contributed by atoms with Crippen LogP contribution in [0.1, 0.15) is 61.2 Å². The van der Waals surface area contributed by atoms with Gasteiger partial charge in [0.1, 0.15) is 5.82 Å². The van der Waals surface area contributed by atoms with E-state index in [4.69, 9.17) is 5.26 Å². The number of nitrogens with zero attached hydrogens (tertiary/aromatic N) is 4. The predicted octanol–water partition coefficient (Wildman–Crippen LogP) is 4.26. The molecule has 7 heteroatoms. The molecule has 1 saturated carbocycles. The molecule has 2 heterocycles. The Bertz CT molecular complexity index is 1280. The quantitative estimate of drug-likeness (QED) is 0.613. The van der Waals surface area contributed by atoms with Crippen molar-refractivity contribution in [2.75, 3.05) is 0 Å². The zero-order chi connectivity index (χ0) is 23.2. The lowest BCUT2D eigenvalue weighted by Crippen LogP contribution is -2.48. The van der Waals surface area contributed by atoms with Crippen LogP contribution in [0.15, 0.2) is 54.4 Å². The number of aliphatic hydroxyl groups excluding tert-OH is 1. The third-order valence-corrected chi connectivity index (χ3v) is 7.46. The second-order valence-electron chi connectivity index (χ2n) is 9.06. The zero-order valence-corrected chi connectivity index (χ0v) is 18.4. The molecule has 0 bridgehead atoms. The Morgan fingerprint density at radius 3 is 2.79 bits per heavy atom. The number of fused-ring (bicyclic) bond motifs is 2. The van der Waals surface area contributed by atoms with Gasteiger partial charge in [0.15, 0.2) is 0 Å². The van der Waals surface area contributed by atoms with Gasteiger partial charge in [-0.15, -0.1) is 0 Å². The Morgan fingerprint density at radius 1 is 1.27 bits per heavy atom. The van der Waals surface area contributed by atoms with Crippen molar-refractivity contribution >= 4 is 6.08 Å². The minimum absolute atomic E-state index is 0.140. The largest absolute Gasteiger partial charge is 0.389 e. The van der Waals surface area contributed by atoms with E-state index in [9.17, 15) is 14.6 Å². The molecule has 2 aromatic heterocycles. The lowest BCUT2D eigenvalue weighted by molar-refractivity contribution is -0.0834. The second-order valence-corrected chi connectivity index (χ2v) is 9.06. The molecule has 3 atom stereocenters. The third kappa shape index (κ3) is 3.38. The van der Waals surface area contributed by atoms with Crippen LogP contribution in [0.25, 0.3) is 11.8 Å². The molecular weight excluding hydrogens is 419 g/mol. The highest BCUT2D eigenvalue weighted by Gasteiger charge is 2.57. The maximum absolute atomic E-state index is 13.4. The molecule has 0 amide bonds. The van der Waals surface area contributed by atoms with Gasteiger partial charge in [-0.1, -0.05) is 12.5 Å². The molecule has 168 valence electrons. The minimum atomic E-state index is -1.12. The van der Waals surface area contributed by atoms with Crippen LogP contribution in [-0.2, 0) is 6.42 Å². The van der Waals surface area contributed by atoms with Gasteiger partial charge in [0.05, 0.1) is 46.6 Å². The Kier molecular flexibility index (Phi) is 5.15. The summed E-state index contributed by atoms with van der Waals surface area (Å²) in [7, 11) is 0. The van der Waals surface area contributed by atoms with E-state index >= 15 is 0 Å². The normalized spacial score (nSPS) is 24.5. The van der Waals surface area contributed by atoms with E-state index in [1.807, 2.05) is 10.9 Å². The van der Waals surface area contributed by atoms with E-state index in [0.29, 0.717) is 24.1 Å². The summed E-state index contributed by atoms with van der Waals surface area (Å²) < 4.78 is 15.2. The first kappa shape index (κ1) is 21.5. The van der Waals surface area contributed by atoms with Crippen LogP contribution in [0.2, 0.25) is 0 Å². The molecule has 2 aliphatic rings. The zero-order valence-electron chi connectivity index (χ0n) is 18.4. The topological polar surface area (TPSA) is 95.0 Å². The average molecular weight is 445 g/mol. The van der Waals surface area contributed by atoms with E-state index in [-0.39, 0.29) is 12.2 Å². The van der Waals surface area contributed by atoms with Gasteiger partial charge in [0.25, 0.3) is 0 Å². The number of rotatable bonds is 5. The fourth-order valence-electron chi connectivity index (χ4n) is 5.67. The number of aliphatic hydroxyl groups is 2. The molecule has 5 rings (SSSR count). The first-order chi connectivity index (χ1) is 15.9. The van der Waals surface area contributed by atoms with Crippen LogP contribution in [-0.4, -0.2) is 30.6 Å². The summed E-state index contributed by atoms with van der Waals surface area (Å²) in [4.78, 5) is 4.23. The molecule has 6 nitrogen and oxygen atoms in total. The molecule has 1 aromatic carbocycles. The van der Waals surface area contributed by atoms with Crippen molar-refractivity contribution in [3.8, 4) is 11.8 Å². The number of pyridine rings is 1. The molecule has 1 fully saturated rings. The van der Waals surface area contributed by atoms with Crippen molar-refractivity contribution in [3.63, 3.8) is 0 Å². The summed E-state index contributed by atoms with van der Waals surface area (Å²) in [6, 6.07) is 11.5. The Morgan fingerprint density at radius 2 is 2.06 bits per heavy atom. The van der Waals surface area contributed by atoms with Crippen LogP contribution in [0.3, 0.4) is 0 Å². The number of benzene rings is 1. The maximum atomic E-state index is 13.4. The highest BCUT2D eigenvalue weighted by Crippen LogP contribution is 2.59. The Hall–Kier alpha value is -3.34. The maximum Gasteiger partial charge on any atom is 0.123 e. The molecule has 0 radical (unpaired) electrons. The highest BCUT2D eigenvalue weighted by atomic mass is 19.1. The summed E-state index contributed by atoms with van der Waals surface area (Å²) in [6.45, 7) is 2.07. The third-order valence-electron chi connectivity index (χ3n) is 7.46. The molecule has 1 unspecified atom stereocenters. The smallest absolute Gasteiger partial charge is 0.123 e. The van der Waals surface area contributed by atoms with Gasteiger partial charge >= 0.3 is 0 Å². The molecular formula is C26H25FN4O2. The summed E-state index contributed by atoms with van der Waals surface area (Å²) >= 11 is 0. The molecule has 0 aliphatic heterocycles. The summed E-state index contributed by atoms with van der Waals surface area (Å²) in [6.07, 6.45) is 7.18. The van der Waals surface area contributed by atoms with Crippen molar-refractivity contribution in [3.05, 3.63) is 82.7 Å². The van der Waals surface area contributed by atoms with Gasteiger partial charge in [0, 0.05) is 18.0 Å². The van der Waals surface area contributed by atoms with Crippen LogP contribution in [0, 0.1) is 22.6 Å². The fraction of sp³-hybridized carbons (Fsp3) is 0.346. The number of nitriles is 1. The average Bonchev–Trinajstić information content (AvgIpc) is 3.36. The summed E-state index contributed by atoms with van der Waals surface area (Å²) in [5, 5.41) is 36.6. The van der Waals surface area contributed by atoms with E-state index in [0.717, 1.165) is 35.4 Å². The van der Waals surface area contributed by atoms with Gasteiger partial charge in [-0.3, -0.25) is 4.98 Å². The molecule has 0 spiro atoms. The lowest BCUT2D eigenvalue weighted by atomic mass is 9.62. The first-order valence-corrected chi connectivity index (χ1v) is 11.2. The van der Waals surface area contributed by atoms with Crippen molar-refractivity contribution in [1.29, 1.82) is 5.26 Å². The summed E-state index contributed by atoms with van der Waals surface area (Å²) in [5.74, 6) is -0.294. The highest BCUT2D eigenvalue weighted by molar-refractivity contribution is 5.63. The van der Waals surface area contributed by atoms with Crippen molar-refractivity contribution < 1.29 is 14.6 Å². The fourth-order valence-corrected chi connectivity index (χ4v) is 5.67. The molecule has 0 saturated heterocycles. The first-order valence-electron chi connectivity index (χ1n) is 11.2. The van der Waals surface area contributed by atoms with Gasteiger partial charge in [-0.25, -0.2) is 9.07 Å². The number of hydrogen-bond donors (Lipinski definition) is 2. The number of aromatic nitrogens is 3. The molecule has 3 aromatic rings. The van der Waals surface area contributed by atoms with E-state index in [1.54, 1.807) is 24.3 Å². The van der Waals surface area contributed by atoms with Gasteiger partial charge < -0.3 is 10.2 Å².